The molecule has 37 heavy (non-hydrogen) atoms. The highest BCUT2D eigenvalue weighted by Gasteiger charge is 2.46. The first-order valence-electron chi connectivity index (χ1n) is 12.8. The maximum atomic E-state index is 13.3. The molecule has 2 saturated heterocycles. The van der Waals surface area contributed by atoms with Crippen LogP contribution >= 0.6 is 34.5 Å². The van der Waals surface area contributed by atoms with E-state index in [2.05, 4.69) is 46.4 Å². The summed E-state index contributed by atoms with van der Waals surface area (Å²) in [4.78, 5) is 18.0. The van der Waals surface area contributed by atoms with Crippen molar-refractivity contribution in [1.29, 1.82) is 5.41 Å². The van der Waals surface area contributed by atoms with Crippen molar-refractivity contribution in [2.24, 2.45) is 11.8 Å². The van der Waals surface area contributed by atoms with Gasteiger partial charge in [0, 0.05) is 68.3 Å². The molecule has 4 aliphatic rings. The third-order valence-electron chi connectivity index (χ3n) is 7.45. The molecule has 3 N–H and O–H groups in total. The molecule has 3 heterocycles. The maximum Gasteiger partial charge on any atom is 0.252 e. The van der Waals surface area contributed by atoms with Gasteiger partial charge in [-0.05, 0) is 42.4 Å². The van der Waals surface area contributed by atoms with Crippen molar-refractivity contribution in [3.63, 3.8) is 0 Å². The average Bonchev–Trinajstić information content (AvgIpc) is 3.69. The molecule has 12 heteroatoms. The summed E-state index contributed by atoms with van der Waals surface area (Å²) in [7, 11) is 0. The zero-order valence-electron chi connectivity index (χ0n) is 20.7. The van der Waals surface area contributed by atoms with E-state index in [-0.39, 0.29) is 18.8 Å². The molecule has 4 atom stereocenters. The standard InChI is InChI=1S/C25H34ClIN6O4/c26-21-11-17(1-2-22(21)37-16-28)15-36-24-20(23(34)29-4-6-31-7-9-35-10-8-31)13-30-25(33(24)27)32-5-3-18-12-19(18)14-32/h1-2,11,13,16,18-19,24-25,28,30H,3-10,12,14-15H2,(H,29,34). The Hall–Kier alpha value is -1.48. The van der Waals surface area contributed by atoms with E-state index in [1.807, 2.05) is 12.3 Å². The van der Waals surface area contributed by atoms with Crippen LogP contribution in [0.15, 0.2) is 30.0 Å². The zero-order chi connectivity index (χ0) is 25.8. The molecule has 202 valence electrons. The van der Waals surface area contributed by atoms with Crippen molar-refractivity contribution in [2.75, 3.05) is 52.5 Å². The largest absolute Gasteiger partial charge is 0.445 e. The Morgan fingerprint density at radius 1 is 1.30 bits per heavy atom. The Labute approximate surface area is 236 Å². The number of likely N-dealkylation sites (tertiary alicyclic amines) is 1. The second-order valence-corrected chi connectivity index (χ2v) is 11.4. The summed E-state index contributed by atoms with van der Waals surface area (Å²) in [6.07, 6.45) is 4.63. The van der Waals surface area contributed by atoms with Crippen LogP contribution in [-0.4, -0.2) is 90.2 Å². The Morgan fingerprint density at radius 3 is 2.89 bits per heavy atom. The highest BCUT2D eigenvalue weighted by Crippen LogP contribution is 2.45. The molecular formula is C25H34ClIN6O4. The van der Waals surface area contributed by atoms with Crippen molar-refractivity contribution < 1.29 is 19.0 Å². The van der Waals surface area contributed by atoms with Gasteiger partial charge in [0.1, 0.15) is 12.0 Å². The number of hydrogen-bond donors (Lipinski definition) is 3. The van der Waals surface area contributed by atoms with Gasteiger partial charge in [-0.1, -0.05) is 17.7 Å². The lowest BCUT2D eigenvalue weighted by Gasteiger charge is -2.44. The van der Waals surface area contributed by atoms with E-state index in [0.717, 1.165) is 69.7 Å². The molecule has 1 aliphatic carbocycles. The number of nitrogens with one attached hydrogen (secondary N) is 3. The number of hydrogen-bond acceptors (Lipinski definition) is 9. The highest BCUT2D eigenvalue weighted by atomic mass is 127. The van der Waals surface area contributed by atoms with E-state index in [0.29, 0.717) is 22.9 Å². The lowest BCUT2D eigenvalue weighted by molar-refractivity contribution is -0.122. The topological polar surface area (TPSA) is 102 Å². The number of morpholine rings is 1. The van der Waals surface area contributed by atoms with Gasteiger partial charge in [0.05, 0.1) is 30.4 Å². The number of carbonyl (C=O) groups excluding carboxylic acids is 1. The number of rotatable bonds is 10. The van der Waals surface area contributed by atoms with Crippen molar-refractivity contribution in [1.82, 2.24) is 23.5 Å². The first-order chi connectivity index (χ1) is 18.0. The molecule has 0 radical (unpaired) electrons. The van der Waals surface area contributed by atoms with Crippen molar-refractivity contribution in [3.8, 4) is 5.75 Å². The van der Waals surface area contributed by atoms with E-state index in [1.165, 1.54) is 12.8 Å². The molecule has 3 aliphatic heterocycles. The van der Waals surface area contributed by atoms with Gasteiger partial charge in [-0.2, -0.15) is 3.11 Å². The Kier molecular flexibility index (Phi) is 9.22. The maximum absolute atomic E-state index is 13.3. The van der Waals surface area contributed by atoms with Crippen LogP contribution in [0.5, 0.6) is 5.75 Å². The summed E-state index contributed by atoms with van der Waals surface area (Å²) in [5.74, 6) is 1.96. The predicted octanol–water partition coefficient (Wildman–Crippen LogP) is 2.38. The highest BCUT2D eigenvalue weighted by molar-refractivity contribution is 14.1. The quantitative estimate of drug-likeness (QED) is 0.155. The van der Waals surface area contributed by atoms with Crippen LogP contribution in [-0.2, 0) is 20.9 Å². The number of ether oxygens (including phenoxy) is 3. The lowest BCUT2D eigenvalue weighted by atomic mass is 10.1. The fraction of sp³-hybridized carbons (Fsp3) is 0.600. The van der Waals surface area contributed by atoms with E-state index in [1.54, 1.807) is 12.1 Å². The fourth-order valence-corrected chi connectivity index (χ4v) is 6.45. The van der Waals surface area contributed by atoms with Gasteiger partial charge in [-0.15, -0.1) is 0 Å². The van der Waals surface area contributed by atoms with Crippen LogP contribution in [0.2, 0.25) is 5.02 Å². The van der Waals surface area contributed by atoms with Crippen LogP contribution in [0.3, 0.4) is 0 Å². The molecule has 0 spiro atoms. The third kappa shape index (κ3) is 6.75. The Balaban J connectivity index is 1.25. The molecule has 4 unspecified atom stereocenters. The van der Waals surface area contributed by atoms with E-state index >= 15 is 0 Å². The normalized spacial score (nSPS) is 28.5. The summed E-state index contributed by atoms with van der Waals surface area (Å²) < 4.78 is 19.0. The summed E-state index contributed by atoms with van der Waals surface area (Å²) >= 11 is 8.58. The molecular weight excluding hydrogens is 611 g/mol. The molecule has 1 saturated carbocycles. The second-order valence-electron chi connectivity index (χ2n) is 9.90. The molecule has 0 aromatic heterocycles. The minimum atomic E-state index is -0.538. The van der Waals surface area contributed by atoms with Gasteiger partial charge in [0.15, 0.2) is 12.6 Å². The molecule has 1 aromatic carbocycles. The predicted molar refractivity (Wildman–Crippen MR) is 148 cm³/mol. The van der Waals surface area contributed by atoms with Crippen molar-refractivity contribution >= 4 is 46.8 Å². The average molecular weight is 645 g/mol. The summed E-state index contributed by atoms with van der Waals surface area (Å²) in [5, 5.41) is 14.1. The van der Waals surface area contributed by atoms with E-state index in [9.17, 15) is 4.79 Å². The fourth-order valence-electron chi connectivity index (χ4n) is 5.22. The molecule has 1 aromatic rings. The van der Waals surface area contributed by atoms with Gasteiger partial charge in [-0.25, -0.2) is 0 Å². The lowest BCUT2D eigenvalue weighted by Crippen LogP contribution is -2.60. The SMILES string of the molecule is N=COc1ccc(COC2C(C(=O)NCCN3CCOCC3)=CNC(N3CCC4CC4C3)N2I)cc1Cl. The Morgan fingerprint density at radius 2 is 2.14 bits per heavy atom. The van der Waals surface area contributed by atoms with Gasteiger partial charge >= 0.3 is 0 Å². The summed E-state index contributed by atoms with van der Waals surface area (Å²) in [6.45, 7) is 6.96. The monoisotopic (exact) mass is 644 g/mol. The molecule has 3 fully saturated rings. The van der Waals surface area contributed by atoms with Crippen LogP contribution in [0, 0.1) is 17.2 Å². The Bertz CT molecular complexity index is 1010. The number of fused-ring (bicyclic) bond motifs is 1. The minimum absolute atomic E-state index is 0.0518. The van der Waals surface area contributed by atoms with Gasteiger partial charge in [-0.3, -0.25) is 20.0 Å². The van der Waals surface area contributed by atoms with Gasteiger partial charge in [0.25, 0.3) is 5.91 Å². The van der Waals surface area contributed by atoms with E-state index in [4.69, 9.17) is 31.2 Å². The smallest absolute Gasteiger partial charge is 0.252 e. The van der Waals surface area contributed by atoms with Crippen molar-refractivity contribution in [3.05, 3.63) is 40.6 Å². The number of piperidine rings is 1. The number of amides is 1. The van der Waals surface area contributed by atoms with E-state index < -0.39 is 6.23 Å². The van der Waals surface area contributed by atoms with Crippen LogP contribution in [0.4, 0.5) is 0 Å². The molecule has 1 amide bonds. The minimum Gasteiger partial charge on any atom is -0.445 e. The number of carbonyl (C=O) groups is 1. The number of nitrogens with zero attached hydrogens (tertiary/aromatic N) is 3. The summed E-state index contributed by atoms with van der Waals surface area (Å²) in [6, 6.07) is 5.33. The van der Waals surface area contributed by atoms with Crippen LogP contribution in [0.1, 0.15) is 18.4 Å². The van der Waals surface area contributed by atoms with Crippen molar-refractivity contribution in [2.45, 2.75) is 32.0 Å². The zero-order valence-corrected chi connectivity index (χ0v) is 23.6. The molecule has 10 nitrogen and oxygen atoms in total. The second kappa shape index (κ2) is 12.6. The molecule has 0 bridgehead atoms. The molecule has 5 rings (SSSR count). The first-order valence-corrected chi connectivity index (χ1v) is 14.2. The first kappa shape index (κ1) is 27.1. The van der Waals surface area contributed by atoms with Gasteiger partial charge in [0.2, 0.25) is 0 Å². The summed E-state index contributed by atoms with van der Waals surface area (Å²) in [5.41, 5.74) is 1.40. The van der Waals surface area contributed by atoms with Gasteiger partial charge < -0.3 is 24.8 Å². The third-order valence-corrected chi connectivity index (χ3v) is 8.78. The van der Waals surface area contributed by atoms with Crippen LogP contribution < -0.4 is 15.4 Å². The number of halogens is 2. The van der Waals surface area contributed by atoms with Crippen LogP contribution in [0.25, 0.3) is 0 Å². The number of benzene rings is 1.